The van der Waals surface area contributed by atoms with Crippen molar-refractivity contribution in [3.8, 4) is 0 Å². The average molecular weight is 364 g/mol. The molecule has 0 saturated carbocycles. The Labute approximate surface area is 163 Å². The Morgan fingerprint density at radius 1 is 1.04 bits per heavy atom. The van der Waals surface area contributed by atoms with Crippen LogP contribution < -0.4 is 11.1 Å². The molecule has 0 saturated heterocycles. The van der Waals surface area contributed by atoms with Crippen molar-refractivity contribution in [2.24, 2.45) is 5.73 Å². The van der Waals surface area contributed by atoms with Gasteiger partial charge < -0.3 is 16.0 Å². The van der Waals surface area contributed by atoms with Crippen LogP contribution in [0.25, 0.3) is 10.9 Å². The summed E-state index contributed by atoms with van der Waals surface area (Å²) in [5.41, 5.74) is 8.57. The van der Waals surface area contributed by atoms with Gasteiger partial charge in [-0.2, -0.15) is 0 Å². The molecule has 2 rings (SSSR count). The van der Waals surface area contributed by atoms with E-state index in [0.717, 1.165) is 19.5 Å². The van der Waals surface area contributed by atoms with Gasteiger partial charge >= 0.3 is 0 Å². The molecule has 3 nitrogen and oxygen atoms in total. The Morgan fingerprint density at radius 3 is 2.19 bits per heavy atom. The van der Waals surface area contributed by atoms with Crippen molar-refractivity contribution in [1.29, 1.82) is 0 Å². The molecule has 0 amide bonds. The topological polar surface area (TPSA) is 53.8 Å². The molecule has 26 heavy (non-hydrogen) atoms. The Kier molecular flexibility index (Phi) is 26.3. The van der Waals surface area contributed by atoms with Crippen LogP contribution in [0.2, 0.25) is 0 Å². The minimum atomic E-state index is 1.00. The highest BCUT2D eigenvalue weighted by atomic mass is 14.8. The fourth-order valence-corrected chi connectivity index (χ4v) is 2.13. The normalized spacial score (nSPS) is 9.38. The summed E-state index contributed by atoms with van der Waals surface area (Å²) in [6, 6.07) is 8.50. The average Bonchev–Trinajstić information content (AvgIpc) is 3.16. The number of hydrogen-bond donors (Lipinski definition) is 3. The minimum absolute atomic E-state index is 1.00. The number of para-hydroxylation sites is 1. The van der Waals surface area contributed by atoms with Crippen LogP contribution in [-0.4, -0.2) is 25.1 Å². The van der Waals surface area contributed by atoms with Gasteiger partial charge in [-0.15, -0.1) is 0 Å². The first-order valence-corrected chi connectivity index (χ1v) is 10.3. The predicted octanol–water partition coefficient (Wildman–Crippen LogP) is 6.31. The molecular weight excluding hydrogens is 318 g/mol. The zero-order valence-electron chi connectivity index (χ0n) is 18.9. The number of aromatic amines is 1. The molecular formula is C23H45N3. The lowest BCUT2D eigenvalue weighted by molar-refractivity contribution is 0.682. The molecule has 1 aromatic carbocycles. The molecule has 0 aliphatic rings. The van der Waals surface area contributed by atoms with Crippen LogP contribution in [0.15, 0.2) is 42.1 Å². The van der Waals surface area contributed by atoms with Gasteiger partial charge in [0.15, 0.2) is 0 Å². The molecule has 0 radical (unpaired) electrons. The number of rotatable bonds is 6. The summed E-state index contributed by atoms with van der Waals surface area (Å²) in [6.07, 6.45) is 6.61. The van der Waals surface area contributed by atoms with E-state index in [2.05, 4.69) is 66.4 Å². The fourth-order valence-electron chi connectivity index (χ4n) is 2.13. The molecule has 0 aliphatic carbocycles. The van der Waals surface area contributed by atoms with Crippen molar-refractivity contribution in [2.45, 2.75) is 68.2 Å². The zero-order chi connectivity index (χ0) is 20.8. The second-order valence-electron chi connectivity index (χ2n) is 4.77. The molecule has 1 heterocycles. The summed E-state index contributed by atoms with van der Waals surface area (Å²) in [7, 11) is 1.50. The summed E-state index contributed by atoms with van der Waals surface area (Å²) in [6.45, 7) is 18.3. The summed E-state index contributed by atoms with van der Waals surface area (Å²) in [5.74, 6) is 0. The van der Waals surface area contributed by atoms with Crippen molar-refractivity contribution in [3.05, 3.63) is 47.7 Å². The van der Waals surface area contributed by atoms with Gasteiger partial charge in [0, 0.05) is 23.6 Å². The van der Waals surface area contributed by atoms with E-state index in [0.29, 0.717) is 0 Å². The van der Waals surface area contributed by atoms with E-state index in [-0.39, 0.29) is 0 Å². The molecule has 2 aromatic rings. The van der Waals surface area contributed by atoms with Gasteiger partial charge in [-0.05, 0) is 51.9 Å². The van der Waals surface area contributed by atoms with Crippen molar-refractivity contribution in [3.63, 3.8) is 0 Å². The number of H-pyrrole nitrogens is 1. The van der Waals surface area contributed by atoms with E-state index in [1.54, 1.807) is 0 Å². The van der Waals surface area contributed by atoms with Gasteiger partial charge in [0.1, 0.15) is 0 Å². The summed E-state index contributed by atoms with van der Waals surface area (Å²) >= 11 is 0. The lowest BCUT2D eigenvalue weighted by Gasteiger charge is -2.04. The van der Waals surface area contributed by atoms with Crippen molar-refractivity contribution in [1.82, 2.24) is 10.3 Å². The van der Waals surface area contributed by atoms with Crippen LogP contribution in [0.1, 0.15) is 67.4 Å². The first-order chi connectivity index (χ1) is 12.8. The quantitative estimate of drug-likeness (QED) is 0.416. The van der Waals surface area contributed by atoms with Crippen LogP contribution in [0.3, 0.4) is 0 Å². The fraction of sp³-hybridized carbons (Fsp3) is 0.565. The zero-order valence-corrected chi connectivity index (χ0v) is 18.9. The van der Waals surface area contributed by atoms with Gasteiger partial charge in [-0.25, -0.2) is 0 Å². The lowest BCUT2D eigenvalue weighted by atomic mass is 10.1. The number of fused-ring (bicyclic) bond motifs is 1. The van der Waals surface area contributed by atoms with E-state index in [4.69, 9.17) is 0 Å². The summed E-state index contributed by atoms with van der Waals surface area (Å²) in [5, 5.41) is 4.83. The highest BCUT2D eigenvalue weighted by Crippen LogP contribution is 2.18. The second-order valence-corrected chi connectivity index (χ2v) is 4.77. The van der Waals surface area contributed by atoms with Crippen LogP contribution in [-0.2, 0) is 6.42 Å². The number of aromatic nitrogens is 1. The molecule has 152 valence electrons. The van der Waals surface area contributed by atoms with Crippen molar-refractivity contribution in [2.75, 3.05) is 20.1 Å². The molecule has 3 heteroatoms. The molecule has 4 N–H and O–H groups in total. The summed E-state index contributed by atoms with van der Waals surface area (Å²) < 4.78 is 0. The Balaban J connectivity index is -0.000000585. The van der Waals surface area contributed by atoms with Crippen molar-refractivity contribution >= 4 is 10.9 Å². The van der Waals surface area contributed by atoms with Crippen LogP contribution in [0, 0.1) is 0 Å². The highest BCUT2D eigenvalue weighted by Gasteiger charge is 2.01. The second kappa shape index (κ2) is 23.4. The third-order valence-electron chi connectivity index (χ3n) is 3.37. The molecule has 0 atom stereocenters. The van der Waals surface area contributed by atoms with E-state index in [9.17, 15) is 0 Å². The maximum absolute atomic E-state index is 4.50. The number of hydrogen-bond acceptors (Lipinski definition) is 2. The Morgan fingerprint density at radius 2 is 1.62 bits per heavy atom. The Hall–Kier alpha value is -1.58. The first kappa shape index (κ1) is 29.2. The largest absolute Gasteiger partial charge is 0.361 e. The van der Waals surface area contributed by atoms with Crippen LogP contribution >= 0.6 is 0 Å². The molecule has 1 aromatic heterocycles. The standard InChI is InChI=1S/C16H22N2.3C2H6.CH5N/c1-3-13(2)11-17-10-6-7-14-12-18-16-9-5-4-8-15(14)16;4*1-2/h3-5,8-9,12,17-18H,6-7,10-11H2,1-2H3;3*1-2H3;2H2,1H3/b13-3+;;;;. The number of aryl methyl sites for hydroxylation is 1. The molecule has 0 spiro atoms. The number of nitrogens with two attached hydrogens (primary N) is 1. The van der Waals surface area contributed by atoms with Gasteiger partial charge in [-0.1, -0.05) is 71.4 Å². The number of nitrogens with one attached hydrogen (secondary N) is 2. The summed E-state index contributed by atoms with van der Waals surface area (Å²) in [4.78, 5) is 3.33. The lowest BCUT2D eigenvalue weighted by Crippen LogP contribution is -2.17. The van der Waals surface area contributed by atoms with Crippen LogP contribution in [0.4, 0.5) is 0 Å². The number of allylic oxidation sites excluding steroid dienone is 1. The van der Waals surface area contributed by atoms with E-state index in [1.165, 1.54) is 35.5 Å². The number of benzene rings is 1. The molecule has 0 unspecified atom stereocenters. The van der Waals surface area contributed by atoms with E-state index in [1.807, 2.05) is 41.5 Å². The maximum atomic E-state index is 4.50. The highest BCUT2D eigenvalue weighted by molar-refractivity contribution is 5.82. The third-order valence-corrected chi connectivity index (χ3v) is 3.37. The van der Waals surface area contributed by atoms with Gasteiger partial charge in [-0.3, -0.25) is 0 Å². The monoisotopic (exact) mass is 363 g/mol. The van der Waals surface area contributed by atoms with E-state index >= 15 is 0 Å². The first-order valence-electron chi connectivity index (χ1n) is 10.3. The molecule has 0 aliphatic heterocycles. The van der Waals surface area contributed by atoms with Gasteiger partial charge in [0.2, 0.25) is 0 Å². The minimum Gasteiger partial charge on any atom is -0.361 e. The van der Waals surface area contributed by atoms with E-state index < -0.39 is 0 Å². The van der Waals surface area contributed by atoms with Gasteiger partial charge in [0.25, 0.3) is 0 Å². The molecule has 0 fully saturated rings. The smallest absolute Gasteiger partial charge is 0.0456 e. The molecule has 0 bridgehead atoms. The third kappa shape index (κ3) is 12.7. The predicted molar refractivity (Wildman–Crippen MR) is 123 cm³/mol. The van der Waals surface area contributed by atoms with Crippen molar-refractivity contribution < 1.29 is 0 Å². The Bertz CT molecular complexity index is 527. The maximum Gasteiger partial charge on any atom is 0.0456 e. The van der Waals surface area contributed by atoms with Gasteiger partial charge in [0.05, 0.1) is 0 Å². The SMILES string of the molecule is C/C=C(\C)CNCCCc1c[nH]c2ccccc12.CC.CC.CC.CN. The van der Waals surface area contributed by atoms with Crippen LogP contribution in [0.5, 0.6) is 0 Å².